The SMILES string of the molecule is COc1cc(CCC(=O)/C=C/CCCNc2c3c(nc4cc(Cl)ccc24)CC2CC(C)=CC3C2)ccc1O. The number of aromatic nitrogens is 1. The number of carbonyl (C=O) groups excluding carboxylic acids is 1. The van der Waals surface area contributed by atoms with Crippen LogP contribution in [0.1, 0.15) is 61.8 Å². The van der Waals surface area contributed by atoms with E-state index >= 15 is 0 Å². The lowest BCUT2D eigenvalue weighted by molar-refractivity contribution is -0.114. The molecule has 0 radical (unpaired) electrons. The number of ketones is 1. The highest BCUT2D eigenvalue weighted by molar-refractivity contribution is 6.31. The number of aryl methyl sites for hydroxylation is 1. The number of nitrogens with one attached hydrogen (secondary N) is 1. The van der Waals surface area contributed by atoms with E-state index in [0.29, 0.717) is 35.4 Å². The van der Waals surface area contributed by atoms with Gasteiger partial charge in [-0.3, -0.25) is 9.78 Å². The third-order valence-corrected chi connectivity index (χ3v) is 7.89. The first kappa shape index (κ1) is 26.3. The number of halogens is 1. The van der Waals surface area contributed by atoms with Crippen LogP contribution in [0.4, 0.5) is 5.69 Å². The first-order valence-corrected chi connectivity index (χ1v) is 13.9. The zero-order valence-electron chi connectivity index (χ0n) is 22.1. The minimum atomic E-state index is 0.102. The van der Waals surface area contributed by atoms with Gasteiger partial charge >= 0.3 is 0 Å². The van der Waals surface area contributed by atoms with Crippen molar-refractivity contribution in [1.29, 1.82) is 0 Å². The van der Waals surface area contributed by atoms with Crippen LogP contribution < -0.4 is 10.1 Å². The summed E-state index contributed by atoms with van der Waals surface area (Å²) in [6, 6.07) is 11.2. The lowest BCUT2D eigenvalue weighted by Gasteiger charge is -2.36. The van der Waals surface area contributed by atoms with Crippen molar-refractivity contribution in [2.45, 2.75) is 57.8 Å². The van der Waals surface area contributed by atoms with E-state index in [1.54, 1.807) is 18.2 Å². The van der Waals surface area contributed by atoms with E-state index in [4.69, 9.17) is 21.3 Å². The standard InChI is InChI=1S/C32H35ClN2O3/c1-20-14-22-16-23(15-20)31-28(17-22)35-27-19-24(33)9-11-26(27)32(31)34-13-5-3-4-6-25(36)10-7-21-8-12-29(37)30(18-21)38-2/h4,6,8-9,11-12,15,18-19,22-23,37H,3,5,7,10,13-14,16-17H2,1-2H3,(H,34,35)/b6-4+. The zero-order chi connectivity index (χ0) is 26.6. The van der Waals surface area contributed by atoms with Gasteiger partial charge in [0.05, 0.1) is 12.6 Å². The number of benzene rings is 2. The molecular formula is C32H35ClN2O3. The van der Waals surface area contributed by atoms with Crippen molar-refractivity contribution in [2.24, 2.45) is 5.92 Å². The second-order valence-corrected chi connectivity index (χ2v) is 11.0. The van der Waals surface area contributed by atoms with E-state index < -0.39 is 0 Å². The van der Waals surface area contributed by atoms with Crippen molar-refractivity contribution >= 4 is 34.0 Å². The van der Waals surface area contributed by atoms with Crippen molar-refractivity contribution in [3.63, 3.8) is 0 Å². The van der Waals surface area contributed by atoms with Gasteiger partial charge in [0, 0.05) is 46.2 Å². The van der Waals surface area contributed by atoms with Crippen LogP contribution in [0.25, 0.3) is 10.9 Å². The normalized spacial score (nSPS) is 18.3. The Morgan fingerprint density at radius 2 is 2.11 bits per heavy atom. The number of pyridine rings is 1. The number of anilines is 1. The van der Waals surface area contributed by atoms with Crippen molar-refractivity contribution in [3.8, 4) is 11.5 Å². The number of aromatic hydroxyl groups is 1. The topological polar surface area (TPSA) is 71.5 Å². The summed E-state index contributed by atoms with van der Waals surface area (Å²) < 4.78 is 5.14. The van der Waals surface area contributed by atoms with Crippen LogP contribution in [0.15, 0.2) is 60.2 Å². The molecule has 2 aliphatic rings. The average Bonchev–Trinajstić information content (AvgIpc) is 2.89. The Kier molecular flexibility index (Phi) is 8.04. The van der Waals surface area contributed by atoms with Crippen LogP contribution in [-0.2, 0) is 17.6 Å². The Labute approximate surface area is 229 Å². The van der Waals surface area contributed by atoms with E-state index in [0.717, 1.165) is 42.3 Å². The lowest BCUT2D eigenvalue weighted by atomic mass is 9.71. The molecular weight excluding hydrogens is 496 g/mol. The molecule has 0 saturated heterocycles. The fraction of sp³-hybridized carbons (Fsp3) is 0.375. The molecule has 0 spiro atoms. The zero-order valence-corrected chi connectivity index (χ0v) is 22.9. The fourth-order valence-corrected chi connectivity index (χ4v) is 6.10. The van der Waals surface area contributed by atoms with E-state index in [1.807, 2.05) is 24.3 Å². The van der Waals surface area contributed by atoms with E-state index in [2.05, 4.69) is 24.4 Å². The number of rotatable bonds is 10. The molecule has 2 unspecified atom stereocenters. The van der Waals surface area contributed by atoms with Gasteiger partial charge in [0.2, 0.25) is 0 Å². The molecule has 0 amide bonds. The maximum Gasteiger partial charge on any atom is 0.160 e. The molecule has 198 valence electrons. The van der Waals surface area contributed by atoms with Crippen molar-refractivity contribution in [3.05, 3.63) is 82.0 Å². The minimum Gasteiger partial charge on any atom is -0.504 e. The fourth-order valence-electron chi connectivity index (χ4n) is 5.93. The molecule has 6 heteroatoms. The predicted octanol–water partition coefficient (Wildman–Crippen LogP) is 7.55. The summed E-state index contributed by atoms with van der Waals surface area (Å²) in [5.41, 5.74) is 7.17. The Hall–Kier alpha value is -3.31. The number of nitrogens with zero attached hydrogens (tertiary/aromatic N) is 1. The van der Waals surface area contributed by atoms with Crippen LogP contribution >= 0.6 is 11.6 Å². The van der Waals surface area contributed by atoms with E-state index in [9.17, 15) is 9.90 Å². The van der Waals surface area contributed by atoms with Gasteiger partial charge in [0.25, 0.3) is 0 Å². The van der Waals surface area contributed by atoms with Gasteiger partial charge in [-0.2, -0.15) is 0 Å². The monoisotopic (exact) mass is 530 g/mol. The quantitative estimate of drug-likeness (QED) is 0.161. The maximum atomic E-state index is 12.3. The van der Waals surface area contributed by atoms with Gasteiger partial charge in [-0.05, 0) is 93.3 Å². The number of fused-ring (bicyclic) bond motifs is 5. The summed E-state index contributed by atoms with van der Waals surface area (Å²) in [6.07, 6.45) is 12.3. The first-order chi connectivity index (χ1) is 18.4. The molecule has 2 aromatic carbocycles. The largest absolute Gasteiger partial charge is 0.504 e. The summed E-state index contributed by atoms with van der Waals surface area (Å²) in [5.74, 6) is 1.73. The number of hydrogen-bond donors (Lipinski definition) is 2. The van der Waals surface area contributed by atoms with Crippen LogP contribution in [0.5, 0.6) is 11.5 Å². The minimum absolute atomic E-state index is 0.102. The number of hydrogen-bond acceptors (Lipinski definition) is 5. The molecule has 0 aliphatic heterocycles. The highest BCUT2D eigenvalue weighted by Crippen LogP contribution is 2.47. The Morgan fingerprint density at radius 3 is 2.95 bits per heavy atom. The lowest BCUT2D eigenvalue weighted by Crippen LogP contribution is -2.24. The molecule has 2 N–H and O–H groups in total. The summed E-state index contributed by atoms with van der Waals surface area (Å²) >= 11 is 6.31. The molecule has 2 atom stereocenters. The predicted molar refractivity (Wildman–Crippen MR) is 155 cm³/mol. The molecule has 1 aromatic heterocycles. The summed E-state index contributed by atoms with van der Waals surface area (Å²) in [6.45, 7) is 3.07. The highest BCUT2D eigenvalue weighted by atomic mass is 35.5. The molecule has 3 aromatic rings. The van der Waals surface area contributed by atoms with Gasteiger partial charge in [-0.1, -0.05) is 35.4 Å². The summed E-state index contributed by atoms with van der Waals surface area (Å²) in [7, 11) is 1.52. The van der Waals surface area contributed by atoms with E-state index in [-0.39, 0.29) is 11.5 Å². The van der Waals surface area contributed by atoms with Crippen LogP contribution in [-0.4, -0.2) is 29.5 Å². The molecule has 5 rings (SSSR count). The maximum absolute atomic E-state index is 12.3. The second-order valence-electron chi connectivity index (χ2n) is 10.6. The number of unbranched alkanes of at least 4 members (excludes halogenated alkanes) is 1. The average molecular weight is 531 g/mol. The molecule has 2 bridgehead atoms. The smallest absolute Gasteiger partial charge is 0.160 e. The van der Waals surface area contributed by atoms with Gasteiger partial charge < -0.3 is 15.2 Å². The Balaban J connectivity index is 1.20. The third-order valence-electron chi connectivity index (χ3n) is 7.66. The third kappa shape index (κ3) is 5.88. The van der Waals surface area contributed by atoms with Crippen LogP contribution in [0.3, 0.4) is 0 Å². The molecule has 1 heterocycles. The number of carbonyl (C=O) groups is 1. The van der Waals surface area contributed by atoms with Gasteiger partial charge in [-0.15, -0.1) is 0 Å². The molecule has 2 aliphatic carbocycles. The first-order valence-electron chi connectivity index (χ1n) is 13.5. The van der Waals surface area contributed by atoms with E-state index in [1.165, 1.54) is 42.5 Å². The van der Waals surface area contributed by atoms with Crippen LogP contribution in [0, 0.1) is 5.92 Å². The number of phenolic OH excluding ortho intramolecular Hbond substituents is 1. The number of ether oxygens (including phenoxy) is 1. The summed E-state index contributed by atoms with van der Waals surface area (Å²) in [4.78, 5) is 17.4. The Bertz CT molecular complexity index is 1410. The molecule has 0 fully saturated rings. The number of phenols is 1. The van der Waals surface area contributed by atoms with Crippen molar-refractivity contribution in [2.75, 3.05) is 19.0 Å². The van der Waals surface area contributed by atoms with Gasteiger partial charge in [0.15, 0.2) is 17.3 Å². The number of allylic oxidation sites excluding steroid dienone is 4. The van der Waals surface area contributed by atoms with Crippen molar-refractivity contribution in [1.82, 2.24) is 4.98 Å². The molecule has 0 saturated carbocycles. The second kappa shape index (κ2) is 11.6. The molecule has 5 nitrogen and oxygen atoms in total. The Morgan fingerprint density at radius 1 is 1.24 bits per heavy atom. The van der Waals surface area contributed by atoms with Gasteiger partial charge in [-0.25, -0.2) is 0 Å². The van der Waals surface area contributed by atoms with Crippen molar-refractivity contribution < 1.29 is 14.6 Å². The summed E-state index contributed by atoms with van der Waals surface area (Å²) in [5, 5.41) is 15.3. The highest BCUT2D eigenvalue weighted by Gasteiger charge is 2.33. The van der Waals surface area contributed by atoms with Gasteiger partial charge in [0.1, 0.15) is 0 Å². The molecule has 38 heavy (non-hydrogen) atoms. The number of methoxy groups -OCH3 is 1. The van der Waals surface area contributed by atoms with Crippen LogP contribution in [0.2, 0.25) is 5.02 Å².